The average molecular weight is 150 g/mol. The topological polar surface area (TPSA) is 34.9 Å². The Hall–Kier alpha value is -1.12. The molecule has 1 aromatic rings. The summed E-state index contributed by atoms with van der Waals surface area (Å²) < 4.78 is 1.99. The highest BCUT2D eigenvalue weighted by Crippen LogP contribution is 2.14. The van der Waals surface area contributed by atoms with E-state index in [-0.39, 0.29) is 5.78 Å². The van der Waals surface area contributed by atoms with Crippen molar-refractivity contribution in [1.82, 2.24) is 9.55 Å². The normalized spacial score (nSPS) is 16.6. The lowest BCUT2D eigenvalue weighted by atomic mass is 10.1. The molecule has 0 bridgehead atoms. The fourth-order valence-electron chi connectivity index (χ4n) is 1.48. The Labute approximate surface area is 65.1 Å². The van der Waals surface area contributed by atoms with Crippen molar-refractivity contribution in [2.45, 2.75) is 26.3 Å². The Bertz CT molecular complexity index is 301. The van der Waals surface area contributed by atoms with Gasteiger partial charge in [-0.15, -0.1) is 0 Å². The molecule has 1 aromatic heterocycles. The lowest BCUT2D eigenvalue weighted by molar-refractivity contribution is 0.0948. The minimum atomic E-state index is 0.185. The number of aryl methyl sites for hydroxylation is 1. The Balaban J connectivity index is 2.55. The van der Waals surface area contributed by atoms with E-state index in [0.29, 0.717) is 12.2 Å². The number of hydrogen-bond acceptors (Lipinski definition) is 2. The third kappa shape index (κ3) is 0.878. The van der Waals surface area contributed by atoms with Crippen molar-refractivity contribution >= 4 is 5.78 Å². The van der Waals surface area contributed by atoms with Gasteiger partial charge in [0.05, 0.1) is 0 Å². The predicted molar refractivity (Wildman–Crippen MR) is 40.5 cm³/mol. The van der Waals surface area contributed by atoms with E-state index in [4.69, 9.17) is 0 Å². The Kier molecular flexibility index (Phi) is 1.31. The number of carbonyl (C=O) groups excluding carboxylic acids is 1. The summed E-state index contributed by atoms with van der Waals surface area (Å²) in [6, 6.07) is 0. The molecular formula is C8H10N2O. The molecule has 2 rings (SSSR count). The lowest BCUT2D eigenvalue weighted by Crippen LogP contribution is -2.17. The Morgan fingerprint density at radius 3 is 3.18 bits per heavy atom. The largest absolute Gasteiger partial charge is 0.326 e. The molecule has 3 nitrogen and oxygen atoms in total. The van der Waals surface area contributed by atoms with Crippen LogP contribution < -0.4 is 0 Å². The summed E-state index contributed by atoms with van der Waals surface area (Å²) in [6.45, 7) is 2.93. The van der Waals surface area contributed by atoms with Crippen LogP contribution in [0.2, 0.25) is 0 Å². The van der Waals surface area contributed by atoms with Crippen molar-refractivity contribution in [3.8, 4) is 0 Å². The molecule has 0 radical (unpaired) electrons. The molecule has 0 N–H and O–H groups in total. The second-order valence-corrected chi connectivity index (χ2v) is 2.90. The second-order valence-electron chi connectivity index (χ2n) is 2.90. The Morgan fingerprint density at radius 2 is 2.45 bits per heavy atom. The van der Waals surface area contributed by atoms with Gasteiger partial charge in [-0.2, -0.15) is 0 Å². The molecule has 1 aliphatic rings. The molecular weight excluding hydrogens is 140 g/mol. The molecule has 3 heteroatoms. The molecule has 0 fully saturated rings. The van der Waals surface area contributed by atoms with Gasteiger partial charge in [-0.25, -0.2) is 4.98 Å². The maximum atomic E-state index is 11.2. The first-order valence-corrected chi connectivity index (χ1v) is 3.84. The maximum Gasteiger partial charge on any atom is 0.198 e. The summed E-state index contributed by atoms with van der Waals surface area (Å²) in [5, 5.41) is 0. The first kappa shape index (κ1) is 6.58. The predicted octanol–water partition coefficient (Wildman–Crippen LogP) is 1.17. The highest BCUT2D eigenvalue weighted by Gasteiger charge is 2.18. The number of ketones is 1. The third-order valence-electron chi connectivity index (χ3n) is 2.09. The average Bonchev–Trinajstić information content (AvgIpc) is 2.35. The van der Waals surface area contributed by atoms with Crippen LogP contribution in [0.5, 0.6) is 0 Å². The van der Waals surface area contributed by atoms with E-state index in [1.54, 1.807) is 6.20 Å². The second kappa shape index (κ2) is 2.19. The SMILES string of the molecule is Cc1cnc2n1CCCC2=O. The van der Waals surface area contributed by atoms with Crippen LogP contribution in [0.3, 0.4) is 0 Å². The zero-order valence-corrected chi connectivity index (χ0v) is 6.50. The van der Waals surface area contributed by atoms with Crippen LogP contribution >= 0.6 is 0 Å². The molecule has 0 spiro atoms. The molecule has 58 valence electrons. The molecule has 11 heavy (non-hydrogen) atoms. The first-order chi connectivity index (χ1) is 5.29. The molecule has 0 unspecified atom stereocenters. The van der Waals surface area contributed by atoms with Crippen molar-refractivity contribution in [3.05, 3.63) is 17.7 Å². The summed E-state index contributed by atoms with van der Waals surface area (Å²) in [7, 11) is 0. The minimum absolute atomic E-state index is 0.185. The number of imidazole rings is 1. The van der Waals surface area contributed by atoms with Gasteiger partial charge >= 0.3 is 0 Å². The van der Waals surface area contributed by atoms with Crippen LogP contribution in [0, 0.1) is 6.92 Å². The van der Waals surface area contributed by atoms with Gasteiger partial charge in [0, 0.05) is 24.9 Å². The van der Waals surface area contributed by atoms with Gasteiger partial charge < -0.3 is 4.57 Å². The quantitative estimate of drug-likeness (QED) is 0.556. The van der Waals surface area contributed by atoms with E-state index in [0.717, 1.165) is 18.7 Å². The smallest absolute Gasteiger partial charge is 0.198 e. The summed E-state index contributed by atoms with van der Waals surface area (Å²) in [5.74, 6) is 0.832. The summed E-state index contributed by atoms with van der Waals surface area (Å²) >= 11 is 0. The highest BCUT2D eigenvalue weighted by atomic mass is 16.1. The fraction of sp³-hybridized carbons (Fsp3) is 0.500. The molecule has 0 amide bonds. The van der Waals surface area contributed by atoms with Gasteiger partial charge in [0.2, 0.25) is 0 Å². The van der Waals surface area contributed by atoms with Crippen LogP contribution in [0.4, 0.5) is 0 Å². The zero-order chi connectivity index (χ0) is 7.84. The number of aromatic nitrogens is 2. The maximum absolute atomic E-state index is 11.2. The number of nitrogens with zero attached hydrogens (tertiary/aromatic N) is 2. The third-order valence-corrected chi connectivity index (χ3v) is 2.09. The van der Waals surface area contributed by atoms with Crippen molar-refractivity contribution < 1.29 is 4.79 Å². The summed E-state index contributed by atoms with van der Waals surface area (Å²) in [4.78, 5) is 15.3. The number of carbonyl (C=O) groups is 1. The molecule has 0 saturated heterocycles. The standard InChI is InChI=1S/C8H10N2O/c1-6-5-9-8-7(11)3-2-4-10(6)8/h5H,2-4H2,1H3. The summed E-state index contributed by atoms with van der Waals surface area (Å²) in [6.07, 6.45) is 3.39. The van der Waals surface area contributed by atoms with Gasteiger partial charge in [-0.1, -0.05) is 0 Å². The number of rotatable bonds is 0. The van der Waals surface area contributed by atoms with Crippen molar-refractivity contribution in [2.75, 3.05) is 0 Å². The van der Waals surface area contributed by atoms with Crippen molar-refractivity contribution in [3.63, 3.8) is 0 Å². The van der Waals surface area contributed by atoms with Crippen molar-refractivity contribution in [1.29, 1.82) is 0 Å². The van der Waals surface area contributed by atoms with Crippen LogP contribution in [-0.4, -0.2) is 15.3 Å². The molecule has 0 atom stereocenters. The molecule has 1 aliphatic heterocycles. The number of Topliss-reactive ketones (excluding diaryl/α,β-unsaturated/α-hetero) is 1. The van der Waals surface area contributed by atoms with Crippen LogP contribution in [-0.2, 0) is 6.54 Å². The number of hydrogen-bond donors (Lipinski definition) is 0. The zero-order valence-electron chi connectivity index (χ0n) is 6.50. The summed E-state index contributed by atoms with van der Waals surface area (Å²) in [5.41, 5.74) is 1.09. The monoisotopic (exact) mass is 150 g/mol. The molecule has 2 heterocycles. The van der Waals surface area contributed by atoms with E-state index < -0.39 is 0 Å². The van der Waals surface area contributed by atoms with Crippen LogP contribution in [0.15, 0.2) is 6.20 Å². The molecule has 0 aromatic carbocycles. The highest BCUT2D eigenvalue weighted by molar-refractivity contribution is 5.93. The van der Waals surface area contributed by atoms with Crippen LogP contribution in [0.1, 0.15) is 29.2 Å². The van der Waals surface area contributed by atoms with Gasteiger partial charge in [0.15, 0.2) is 11.6 Å². The molecule has 0 aliphatic carbocycles. The van der Waals surface area contributed by atoms with Gasteiger partial charge in [-0.3, -0.25) is 4.79 Å². The van der Waals surface area contributed by atoms with Gasteiger partial charge in [0.25, 0.3) is 0 Å². The van der Waals surface area contributed by atoms with E-state index in [1.165, 1.54) is 0 Å². The van der Waals surface area contributed by atoms with Crippen molar-refractivity contribution in [2.24, 2.45) is 0 Å². The minimum Gasteiger partial charge on any atom is -0.326 e. The van der Waals surface area contributed by atoms with E-state index >= 15 is 0 Å². The molecule has 0 saturated carbocycles. The van der Waals surface area contributed by atoms with Crippen LogP contribution in [0.25, 0.3) is 0 Å². The number of fused-ring (bicyclic) bond motifs is 1. The van der Waals surface area contributed by atoms with E-state index in [1.807, 2.05) is 11.5 Å². The van der Waals surface area contributed by atoms with E-state index in [9.17, 15) is 4.79 Å². The Morgan fingerprint density at radius 1 is 1.64 bits per heavy atom. The van der Waals surface area contributed by atoms with Gasteiger partial charge in [0.1, 0.15) is 0 Å². The van der Waals surface area contributed by atoms with Gasteiger partial charge in [-0.05, 0) is 13.3 Å². The first-order valence-electron chi connectivity index (χ1n) is 3.84. The van der Waals surface area contributed by atoms with E-state index in [2.05, 4.69) is 4.98 Å². The fourth-order valence-corrected chi connectivity index (χ4v) is 1.48. The lowest BCUT2D eigenvalue weighted by Gasteiger charge is -2.13.